The molecule has 0 amide bonds. The predicted octanol–water partition coefficient (Wildman–Crippen LogP) is 5.09. The number of halogens is 2. The molecule has 0 aliphatic carbocycles. The fraction of sp³-hybridized carbons (Fsp3) is 0.583. The van der Waals surface area contributed by atoms with Gasteiger partial charge in [-0.2, -0.15) is 0 Å². The molecule has 1 heterocycles. The average molecular weight is 250 g/mol. The molecule has 0 unspecified atom stereocenters. The molecule has 0 saturated heterocycles. The summed E-state index contributed by atoms with van der Waals surface area (Å²) in [6.07, 6.45) is 9.04. The second-order valence-corrected chi connectivity index (χ2v) is 3.64. The summed E-state index contributed by atoms with van der Waals surface area (Å²) in [6.45, 7) is 4.46. The van der Waals surface area contributed by atoms with Gasteiger partial charge in [-0.3, -0.25) is 4.98 Å². The van der Waals surface area contributed by atoms with Crippen LogP contribution in [0.25, 0.3) is 0 Å². The molecule has 0 aromatic carbocycles. The Labute approximate surface area is 104 Å². The fourth-order valence-corrected chi connectivity index (χ4v) is 0.813. The maximum atomic E-state index is 4.76. The van der Waals surface area contributed by atoms with Crippen LogP contribution in [0.3, 0.4) is 0 Å². The number of pyridine rings is 1. The predicted molar refractivity (Wildman–Crippen MR) is 70.6 cm³/mol. The van der Waals surface area contributed by atoms with Crippen molar-refractivity contribution in [2.45, 2.75) is 39.5 Å². The van der Waals surface area contributed by atoms with Crippen molar-refractivity contribution in [1.29, 1.82) is 0 Å². The zero-order chi connectivity index (χ0) is 11.8. The molecule has 15 heavy (non-hydrogen) atoms. The molecule has 0 bridgehead atoms. The Morgan fingerprint density at radius 3 is 1.40 bits per heavy atom. The summed E-state index contributed by atoms with van der Waals surface area (Å²) >= 11 is 9.53. The van der Waals surface area contributed by atoms with Crippen LogP contribution in [0.5, 0.6) is 0 Å². The van der Waals surface area contributed by atoms with Gasteiger partial charge in [0.1, 0.15) is 0 Å². The highest BCUT2D eigenvalue weighted by Gasteiger charge is 1.75. The van der Waals surface area contributed by atoms with E-state index in [1.165, 1.54) is 25.7 Å². The molecule has 0 radical (unpaired) electrons. The lowest BCUT2D eigenvalue weighted by molar-refractivity contribution is 0.702. The van der Waals surface area contributed by atoms with Crippen molar-refractivity contribution in [1.82, 2.24) is 4.98 Å². The second-order valence-electron chi connectivity index (χ2n) is 2.83. The van der Waals surface area contributed by atoms with Crippen LogP contribution in [0.15, 0.2) is 30.6 Å². The first kappa shape index (κ1) is 17.1. The maximum Gasteiger partial charge on any atom is 0.0967 e. The summed E-state index contributed by atoms with van der Waals surface area (Å²) in [5.41, 5.74) is 0. The molecule has 1 rings (SSSR count). The van der Waals surface area contributed by atoms with E-state index < -0.39 is 0 Å². The molecule has 1 aromatic heterocycles. The van der Waals surface area contributed by atoms with Gasteiger partial charge in [-0.1, -0.05) is 45.6 Å². The summed E-state index contributed by atoms with van der Waals surface area (Å²) in [5, 5.41) is 0.194. The molecular formula is C12H21Cl2N. The van der Waals surface area contributed by atoms with Crippen LogP contribution >= 0.6 is 23.2 Å². The molecule has 0 aliphatic rings. The number of unbranched alkanes of at least 4 members (excludes halogenated alkanes) is 3. The largest absolute Gasteiger partial charge is 0.265 e. The molecule has 88 valence electrons. The average Bonchev–Trinajstić information content (AvgIpc) is 2.30. The molecule has 0 fully saturated rings. The first-order valence-corrected chi connectivity index (χ1v) is 6.37. The number of hydrogen-bond acceptors (Lipinski definition) is 1. The zero-order valence-electron chi connectivity index (χ0n) is 9.63. The minimum Gasteiger partial charge on any atom is -0.265 e. The third-order valence-electron chi connectivity index (χ3n) is 1.52. The lowest BCUT2D eigenvalue weighted by Crippen LogP contribution is -1.66. The van der Waals surface area contributed by atoms with Crippen molar-refractivity contribution in [2.24, 2.45) is 0 Å². The molecule has 0 atom stereocenters. The number of rotatable bonds is 3. The van der Waals surface area contributed by atoms with Gasteiger partial charge in [-0.15, -0.1) is 23.2 Å². The van der Waals surface area contributed by atoms with Crippen LogP contribution in [0, 0.1) is 0 Å². The van der Waals surface area contributed by atoms with E-state index >= 15 is 0 Å². The first-order valence-electron chi connectivity index (χ1n) is 5.30. The minimum absolute atomic E-state index is 0.194. The molecule has 0 N–H and O–H groups in total. The van der Waals surface area contributed by atoms with Gasteiger partial charge in [0.2, 0.25) is 0 Å². The first-order chi connectivity index (χ1) is 7.33. The van der Waals surface area contributed by atoms with E-state index in [4.69, 9.17) is 23.2 Å². The third kappa shape index (κ3) is 24.8. The highest BCUT2D eigenvalue weighted by Crippen LogP contribution is 1.95. The van der Waals surface area contributed by atoms with Gasteiger partial charge >= 0.3 is 0 Å². The Kier molecular flexibility index (Phi) is 22.1. The summed E-state index contributed by atoms with van der Waals surface area (Å²) in [5.74, 6) is 0. The topological polar surface area (TPSA) is 12.9 Å². The summed E-state index contributed by atoms with van der Waals surface area (Å²) in [6, 6.07) is 5.72. The van der Waals surface area contributed by atoms with E-state index in [0.29, 0.717) is 0 Å². The van der Waals surface area contributed by atoms with Crippen molar-refractivity contribution in [3.8, 4) is 0 Å². The monoisotopic (exact) mass is 249 g/mol. The Balaban J connectivity index is 0. The van der Waals surface area contributed by atoms with Crippen molar-refractivity contribution in [2.75, 3.05) is 5.34 Å². The van der Waals surface area contributed by atoms with E-state index in [1.807, 2.05) is 18.2 Å². The maximum absolute atomic E-state index is 4.76. The molecular weight excluding hydrogens is 229 g/mol. The van der Waals surface area contributed by atoms with Gasteiger partial charge in [0.15, 0.2) is 0 Å². The Hall–Kier alpha value is -0.270. The SMILES string of the molecule is CCCCCC.ClCCl.c1ccncc1. The van der Waals surface area contributed by atoms with Gasteiger partial charge in [0.05, 0.1) is 5.34 Å². The molecule has 0 spiro atoms. The van der Waals surface area contributed by atoms with Gasteiger partial charge in [-0.05, 0) is 12.1 Å². The second kappa shape index (κ2) is 19.3. The smallest absolute Gasteiger partial charge is 0.0967 e. The van der Waals surface area contributed by atoms with Gasteiger partial charge < -0.3 is 0 Å². The van der Waals surface area contributed by atoms with Crippen molar-refractivity contribution in [3.05, 3.63) is 30.6 Å². The highest BCUT2D eigenvalue weighted by atomic mass is 35.5. The quantitative estimate of drug-likeness (QED) is 0.537. The summed E-state index contributed by atoms with van der Waals surface area (Å²) in [7, 11) is 0. The molecule has 1 nitrogen and oxygen atoms in total. The van der Waals surface area contributed by atoms with Crippen molar-refractivity contribution in [3.63, 3.8) is 0 Å². The van der Waals surface area contributed by atoms with Crippen molar-refractivity contribution >= 4 is 23.2 Å². The van der Waals surface area contributed by atoms with E-state index in [2.05, 4.69) is 18.8 Å². The normalized spacial score (nSPS) is 8.00. The number of nitrogens with zero attached hydrogens (tertiary/aromatic N) is 1. The van der Waals surface area contributed by atoms with E-state index in [9.17, 15) is 0 Å². The highest BCUT2D eigenvalue weighted by molar-refractivity contribution is 6.40. The van der Waals surface area contributed by atoms with Crippen LogP contribution in [-0.2, 0) is 0 Å². The lowest BCUT2D eigenvalue weighted by Gasteiger charge is -1.86. The van der Waals surface area contributed by atoms with Crippen LogP contribution in [0.4, 0.5) is 0 Å². The summed E-state index contributed by atoms with van der Waals surface area (Å²) < 4.78 is 0. The molecule has 0 aliphatic heterocycles. The summed E-state index contributed by atoms with van der Waals surface area (Å²) in [4.78, 5) is 3.78. The Bertz CT molecular complexity index is 138. The van der Waals surface area contributed by atoms with E-state index in [0.717, 1.165) is 0 Å². The van der Waals surface area contributed by atoms with Crippen LogP contribution in [-0.4, -0.2) is 10.3 Å². The van der Waals surface area contributed by atoms with Crippen LogP contribution in [0.2, 0.25) is 0 Å². The van der Waals surface area contributed by atoms with E-state index in [1.54, 1.807) is 12.4 Å². The minimum atomic E-state index is 0.194. The fourth-order valence-electron chi connectivity index (χ4n) is 0.813. The third-order valence-corrected chi connectivity index (χ3v) is 1.52. The van der Waals surface area contributed by atoms with Gasteiger partial charge in [0.25, 0.3) is 0 Å². The van der Waals surface area contributed by atoms with Crippen LogP contribution in [0.1, 0.15) is 39.5 Å². The molecule has 3 heteroatoms. The van der Waals surface area contributed by atoms with E-state index in [-0.39, 0.29) is 5.34 Å². The molecule has 0 saturated carbocycles. The lowest BCUT2D eigenvalue weighted by atomic mass is 10.2. The zero-order valence-corrected chi connectivity index (χ0v) is 11.1. The number of alkyl halides is 2. The Morgan fingerprint density at radius 1 is 0.867 bits per heavy atom. The van der Waals surface area contributed by atoms with Crippen LogP contribution < -0.4 is 0 Å². The van der Waals surface area contributed by atoms with Crippen molar-refractivity contribution < 1.29 is 0 Å². The standard InChI is InChI=1S/C6H14.C5H5N.CH2Cl2/c1-3-5-6-4-2;1-2-4-6-5-3-1;2-1-3/h3-6H2,1-2H3;1-5H;1H2. The Morgan fingerprint density at radius 2 is 1.27 bits per heavy atom. The van der Waals surface area contributed by atoms with Gasteiger partial charge in [0, 0.05) is 12.4 Å². The molecule has 1 aromatic rings. The number of aromatic nitrogens is 1. The van der Waals surface area contributed by atoms with Gasteiger partial charge in [-0.25, -0.2) is 0 Å². The number of hydrogen-bond donors (Lipinski definition) is 0.